The van der Waals surface area contributed by atoms with Gasteiger partial charge in [-0.15, -0.1) is 5.10 Å². The summed E-state index contributed by atoms with van der Waals surface area (Å²) in [7, 11) is 3.18. The molecule has 1 saturated heterocycles. The molecule has 0 unspecified atom stereocenters. The van der Waals surface area contributed by atoms with Crippen molar-refractivity contribution < 1.29 is 19.0 Å². The maximum Gasteiger partial charge on any atom is 0.344 e. The fourth-order valence-electron chi connectivity index (χ4n) is 3.13. The van der Waals surface area contributed by atoms with Gasteiger partial charge in [-0.25, -0.2) is 9.89 Å². The van der Waals surface area contributed by atoms with Gasteiger partial charge < -0.3 is 19.5 Å². The first kappa shape index (κ1) is 21.3. The fourth-order valence-corrected chi connectivity index (χ4v) is 3.92. The van der Waals surface area contributed by atoms with Crippen molar-refractivity contribution in [2.75, 3.05) is 33.1 Å². The Balaban J connectivity index is 1.45. The number of carbonyl (C=O) groups excluding carboxylic acids is 1. The topological polar surface area (TPSA) is 107 Å². The quantitative estimate of drug-likeness (QED) is 0.554. The first-order valence-electron chi connectivity index (χ1n) is 9.48. The number of nitrogens with zero attached hydrogens (tertiary/aromatic N) is 2. The van der Waals surface area contributed by atoms with E-state index in [1.54, 1.807) is 14.2 Å². The second kappa shape index (κ2) is 10.4. The summed E-state index contributed by atoms with van der Waals surface area (Å²) >= 11 is 1.23. The third-order valence-corrected chi connectivity index (χ3v) is 5.63. The van der Waals surface area contributed by atoms with Crippen molar-refractivity contribution in [3.63, 3.8) is 0 Å². The number of rotatable bonds is 10. The zero-order chi connectivity index (χ0) is 20.6. The molecule has 3 rings (SSSR count). The van der Waals surface area contributed by atoms with E-state index in [-0.39, 0.29) is 23.5 Å². The highest BCUT2D eigenvalue weighted by molar-refractivity contribution is 7.99. The van der Waals surface area contributed by atoms with Crippen LogP contribution in [0.1, 0.15) is 18.4 Å². The van der Waals surface area contributed by atoms with Crippen LogP contribution in [0.15, 0.2) is 28.2 Å². The molecule has 1 aliphatic heterocycles. The lowest BCUT2D eigenvalue weighted by molar-refractivity contribution is -0.118. The number of benzene rings is 1. The molecule has 2 N–H and O–H groups in total. The molecular weight excluding hydrogens is 396 g/mol. The molecule has 1 aliphatic rings. The molecule has 2 heterocycles. The molecule has 1 amide bonds. The molecule has 1 fully saturated rings. The van der Waals surface area contributed by atoms with E-state index in [1.165, 1.54) is 16.3 Å². The van der Waals surface area contributed by atoms with Gasteiger partial charge in [-0.2, -0.15) is 0 Å². The molecule has 0 saturated carbocycles. The van der Waals surface area contributed by atoms with E-state index >= 15 is 0 Å². The molecule has 1 atom stereocenters. The second-order valence-corrected chi connectivity index (χ2v) is 7.58. The van der Waals surface area contributed by atoms with Crippen LogP contribution in [0.3, 0.4) is 0 Å². The summed E-state index contributed by atoms with van der Waals surface area (Å²) in [6.07, 6.45) is 2.63. The number of nitrogens with one attached hydrogen (secondary N) is 2. The Kier molecular flexibility index (Phi) is 7.59. The van der Waals surface area contributed by atoms with Crippen molar-refractivity contribution in [1.29, 1.82) is 0 Å². The molecule has 1 aromatic heterocycles. The number of carbonyl (C=O) groups is 1. The Morgan fingerprint density at radius 1 is 1.38 bits per heavy atom. The molecule has 0 spiro atoms. The number of aromatic amines is 1. The largest absolute Gasteiger partial charge is 0.493 e. The van der Waals surface area contributed by atoms with Crippen LogP contribution < -0.4 is 20.5 Å². The van der Waals surface area contributed by atoms with Gasteiger partial charge in [0.15, 0.2) is 16.7 Å². The normalized spacial score (nSPS) is 16.0. The number of H-pyrrole nitrogens is 1. The highest BCUT2D eigenvalue weighted by Crippen LogP contribution is 2.27. The fraction of sp³-hybridized carbons (Fsp3) is 0.526. The van der Waals surface area contributed by atoms with Crippen molar-refractivity contribution in [3.8, 4) is 11.5 Å². The first-order chi connectivity index (χ1) is 14.1. The molecular formula is C19H26N4O5S. The van der Waals surface area contributed by atoms with Gasteiger partial charge >= 0.3 is 5.69 Å². The highest BCUT2D eigenvalue weighted by atomic mass is 32.2. The number of hydrogen-bond donors (Lipinski definition) is 2. The third-order valence-electron chi connectivity index (χ3n) is 4.65. The minimum Gasteiger partial charge on any atom is -0.493 e. The minimum atomic E-state index is -0.281. The summed E-state index contributed by atoms with van der Waals surface area (Å²) in [5, 5.41) is 9.85. The van der Waals surface area contributed by atoms with Gasteiger partial charge in [0.1, 0.15) is 0 Å². The van der Waals surface area contributed by atoms with E-state index in [0.29, 0.717) is 36.2 Å². The van der Waals surface area contributed by atoms with E-state index in [1.807, 2.05) is 18.2 Å². The molecule has 1 aromatic carbocycles. The van der Waals surface area contributed by atoms with Crippen molar-refractivity contribution in [3.05, 3.63) is 34.2 Å². The SMILES string of the molecule is COc1ccc(CCNC(=O)CSc2n[nH]c(=O)n2C[C@H]2CCCO2)cc1OC. The van der Waals surface area contributed by atoms with Crippen molar-refractivity contribution in [2.24, 2.45) is 0 Å². The Morgan fingerprint density at radius 2 is 2.21 bits per heavy atom. The summed E-state index contributed by atoms with van der Waals surface area (Å²) in [5.74, 6) is 1.40. The number of thioether (sulfide) groups is 1. The molecule has 9 nitrogen and oxygen atoms in total. The van der Waals surface area contributed by atoms with Crippen LogP contribution in [0, 0.1) is 0 Å². The van der Waals surface area contributed by atoms with E-state index < -0.39 is 0 Å². The third kappa shape index (κ3) is 5.77. The Bertz CT molecular complexity index is 876. The average molecular weight is 423 g/mol. The zero-order valence-corrected chi connectivity index (χ0v) is 17.4. The number of hydrogen-bond acceptors (Lipinski definition) is 7. The number of ether oxygens (including phenoxy) is 3. The van der Waals surface area contributed by atoms with Gasteiger partial charge in [0.2, 0.25) is 5.91 Å². The molecule has 10 heteroatoms. The van der Waals surface area contributed by atoms with Gasteiger partial charge in [-0.3, -0.25) is 9.36 Å². The summed E-state index contributed by atoms with van der Waals surface area (Å²) in [6.45, 7) is 1.68. The Morgan fingerprint density at radius 3 is 2.93 bits per heavy atom. The van der Waals surface area contributed by atoms with Crippen LogP contribution in [0.2, 0.25) is 0 Å². The van der Waals surface area contributed by atoms with Crippen LogP contribution in [0.5, 0.6) is 11.5 Å². The number of methoxy groups -OCH3 is 2. The van der Waals surface area contributed by atoms with E-state index in [2.05, 4.69) is 15.5 Å². The van der Waals surface area contributed by atoms with Gasteiger partial charge in [0.05, 0.1) is 32.6 Å². The molecule has 0 radical (unpaired) electrons. The second-order valence-electron chi connectivity index (χ2n) is 6.63. The van der Waals surface area contributed by atoms with E-state index in [4.69, 9.17) is 14.2 Å². The monoisotopic (exact) mass is 422 g/mol. The molecule has 0 bridgehead atoms. The van der Waals surface area contributed by atoms with E-state index in [9.17, 15) is 9.59 Å². The standard InChI is InChI=1S/C19H26N4O5S/c1-26-15-6-5-13(10-16(15)27-2)7-8-20-17(24)12-29-19-22-21-18(25)23(19)11-14-4-3-9-28-14/h5-6,10,14H,3-4,7-9,11-12H2,1-2H3,(H,20,24)(H,21,25)/t14-/m1/s1. The van der Waals surface area contributed by atoms with Crippen molar-refractivity contribution in [1.82, 2.24) is 20.1 Å². The van der Waals surface area contributed by atoms with Crippen LogP contribution in [0.4, 0.5) is 0 Å². The average Bonchev–Trinajstić information content (AvgIpc) is 3.37. The predicted molar refractivity (Wildman–Crippen MR) is 109 cm³/mol. The maximum atomic E-state index is 12.2. The van der Waals surface area contributed by atoms with Crippen molar-refractivity contribution >= 4 is 17.7 Å². The van der Waals surface area contributed by atoms with Gasteiger partial charge in [-0.1, -0.05) is 17.8 Å². The van der Waals surface area contributed by atoms with Crippen LogP contribution in [0.25, 0.3) is 0 Å². The summed E-state index contributed by atoms with van der Waals surface area (Å²) in [6, 6.07) is 5.68. The lowest BCUT2D eigenvalue weighted by Gasteiger charge is -2.11. The summed E-state index contributed by atoms with van der Waals surface area (Å²) < 4.78 is 17.6. The summed E-state index contributed by atoms with van der Waals surface area (Å²) in [5.41, 5.74) is 0.755. The lowest BCUT2D eigenvalue weighted by Crippen LogP contribution is -2.28. The Labute approximate surface area is 173 Å². The lowest BCUT2D eigenvalue weighted by atomic mass is 10.1. The first-order valence-corrected chi connectivity index (χ1v) is 10.5. The predicted octanol–water partition coefficient (Wildman–Crippen LogP) is 1.22. The van der Waals surface area contributed by atoms with Crippen LogP contribution in [-0.2, 0) is 22.5 Å². The van der Waals surface area contributed by atoms with Crippen LogP contribution >= 0.6 is 11.8 Å². The number of amides is 1. The van der Waals surface area contributed by atoms with Gasteiger partial charge in [0.25, 0.3) is 0 Å². The molecule has 0 aliphatic carbocycles. The minimum absolute atomic E-state index is 0.0277. The molecule has 2 aromatic rings. The Hall–Kier alpha value is -2.46. The highest BCUT2D eigenvalue weighted by Gasteiger charge is 2.20. The van der Waals surface area contributed by atoms with Crippen molar-refractivity contribution in [2.45, 2.75) is 37.1 Å². The van der Waals surface area contributed by atoms with E-state index in [0.717, 1.165) is 25.0 Å². The smallest absolute Gasteiger partial charge is 0.344 e. The summed E-state index contributed by atoms with van der Waals surface area (Å²) in [4.78, 5) is 24.1. The number of aromatic nitrogens is 3. The molecule has 29 heavy (non-hydrogen) atoms. The molecule has 158 valence electrons. The van der Waals surface area contributed by atoms with Crippen LogP contribution in [-0.4, -0.2) is 59.9 Å². The zero-order valence-electron chi connectivity index (χ0n) is 16.6. The maximum absolute atomic E-state index is 12.2. The van der Waals surface area contributed by atoms with Gasteiger partial charge in [-0.05, 0) is 37.0 Å². The van der Waals surface area contributed by atoms with Gasteiger partial charge in [0, 0.05) is 13.2 Å².